The Morgan fingerprint density at radius 2 is 2.04 bits per heavy atom. The maximum Gasteiger partial charge on any atom is 0.243 e. The van der Waals surface area contributed by atoms with E-state index in [0.717, 1.165) is 19.3 Å². The zero-order valence-electron chi connectivity index (χ0n) is 13.8. The molecule has 1 heterocycles. The van der Waals surface area contributed by atoms with Crippen LogP contribution in [-0.4, -0.2) is 31.9 Å². The largest absolute Gasteiger partial charge is 0.390 e. The van der Waals surface area contributed by atoms with E-state index >= 15 is 0 Å². The van der Waals surface area contributed by atoms with Gasteiger partial charge in [-0.3, -0.25) is 0 Å². The Morgan fingerprint density at radius 3 is 2.74 bits per heavy atom. The third-order valence-electron chi connectivity index (χ3n) is 3.51. The summed E-state index contributed by atoms with van der Waals surface area (Å²) < 4.78 is 13.8. The second-order valence-electron chi connectivity index (χ2n) is 6.40. The molecule has 0 spiro atoms. The lowest BCUT2D eigenvalue weighted by Gasteiger charge is -2.19. The summed E-state index contributed by atoms with van der Waals surface area (Å²) in [6, 6.07) is 6.58. The molecule has 5 nitrogen and oxygen atoms in total. The van der Waals surface area contributed by atoms with Crippen molar-refractivity contribution in [3.63, 3.8) is 0 Å². The fraction of sp³-hybridized carbons (Fsp3) is 0.471. The number of anilines is 1. The fourth-order valence-electron chi connectivity index (χ4n) is 2.30. The van der Waals surface area contributed by atoms with E-state index in [0.29, 0.717) is 17.2 Å². The molecule has 0 saturated heterocycles. The molecule has 2 aromatic rings. The van der Waals surface area contributed by atoms with E-state index in [-0.39, 0.29) is 11.9 Å². The van der Waals surface area contributed by atoms with Gasteiger partial charge in [-0.05, 0) is 52.2 Å². The van der Waals surface area contributed by atoms with Gasteiger partial charge in [-0.15, -0.1) is 5.10 Å². The predicted molar refractivity (Wildman–Crippen MR) is 88.5 cm³/mol. The number of hydrogen-bond acceptors (Lipinski definition) is 5. The van der Waals surface area contributed by atoms with Crippen LogP contribution in [0.3, 0.4) is 0 Å². The average Bonchev–Trinajstić information content (AvgIpc) is 2.46. The average molecular weight is 318 g/mol. The number of hydrogen-bond donors (Lipinski definition) is 2. The highest BCUT2D eigenvalue weighted by molar-refractivity contribution is 5.59. The summed E-state index contributed by atoms with van der Waals surface area (Å²) in [4.78, 5) is 4.33. The normalized spacial score (nSPS) is 12.9. The monoisotopic (exact) mass is 318 g/mol. The molecule has 0 radical (unpaired) electrons. The molecule has 0 bridgehead atoms. The minimum atomic E-state index is -0.650. The van der Waals surface area contributed by atoms with E-state index in [1.165, 1.54) is 12.3 Å². The zero-order valence-corrected chi connectivity index (χ0v) is 13.8. The van der Waals surface area contributed by atoms with Crippen LogP contribution in [-0.2, 0) is 0 Å². The summed E-state index contributed by atoms with van der Waals surface area (Å²) in [5, 5.41) is 20.7. The first-order chi connectivity index (χ1) is 10.8. The molecular formula is C17H23FN4O. The molecular weight excluding hydrogens is 295 g/mol. The van der Waals surface area contributed by atoms with Crippen molar-refractivity contribution in [2.24, 2.45) is 0 Å². The third kappa shape index (κ3) is 5.56. The van der Waals surface area contributed by atoms with Gasteiger partial charge < -0.3 is 10.4 Å². The van der Waals surface area contributed by atoms with Crippen molar-refractivity contribution in [2.45, 2.75) is 51.7 Å². The van der Waals surface area contributed by atoms with Crippen LogP contribution in [0.5, 0.6) is 0 Å². The number of benzene rings is 1. The first-order valence-electron chi connectivity index (χ1n) is 7.79. The minimum Gasteiger partial charge on any atom is -0.390 e. The molecule has 0 saturated carbocycles. The quantitative estimate of drug-likeness (QED) is 0.818. The second-order valence-corrected chi connectivity index (χ2v) is 6.40. The lowest BCUT2D eigenvalue weighted by Crippen LogP contribution is -2.21. The molecule has 1 aromatic heterocycles. The van der Waals surface area contributed by atoms with Gasteiger partial charge >= 0.3 is 0 Å². The maximum atomic E-state index is 13.8. The third-order valence-corrected chi connectivity index (χ3v) is 3.51. The smallest absolute Gasteiger partial charge is 0.243 e. The van der Waals surface area contributed by atoms with Crippen molar-refractivity contribution in [1.29, 1.82) is 0 Å². The first-order valence-corrected chi connectivity index (χ1v) is 7.79. The molecule has 0 fully saturated rings. The summed E-state index contributed by atoms with van der Waals surface area (Å²) in [6.07, 6.45) is 3.94. The van der Waals surface area contributed by atoms with Crippen molar-refractivity contribution in [2.75, 3.05) is 5.32 Å². The Hall–Kier alpha value is -2.08. The predicted octanol–water partition coefficient (Wildman–Crippen LogP) is 3.42. The summed E-state index contributed by atoms with van der Waals surface area (Å²) in [7, 11) is 0. The van der Waals surface area contributed by atoms with Crippen molar-refractivity contribution in [3.05, 3.63) is 36.3 Å². The molecule has 0 aliphatic heterocycles. The highest BCUT2D eigenvalue weighted by Crippen LogP contribution is 2.20. The summed E-state index contributed by atoms with van der Waals surface area (Å²) in [5.41, 5.74) is 0.201. The van der Waals surface area contributed by atoms with E-state index in [9.17, 15) is 9.50 Å². The Kier molecular flexibility index (Phi) is 5.60. The van der Waals surface area contributed by atoms with Crippen LogP contribution in [0.4, 0.5) is 10.3 Å². The molecule has 124 valence electrons. The van der Waals surface area contributed by atoms with Gasteiger partial charge in [-0.25, -0.2) is 9.37 Å². The molecule has 0 aliphatic rings. The molecule has 2 rings (SSSR count). The van der Waals surface area contributed by atoms with E-state index in [2.05, 4.69) is 20.5 Å². The number of rotatable bonds is 7. The van der Waals surface area contributed by atoms with Gasteiger partial charge in [0, 0.05) is 11.6 Å². The second kappa shape index (κ2) is 7.46. The van der Waals surface area contributed by atoms with Crippen LogP contribution >= 0.6 is 0 Å². The van der Waals surface area contributed by atoms with Gasteiger partial charge in [0.25, 0.3) is 0 Å². The Balaban J connectivity index is 1.99. The number of halogens is 1. The Labute approximate surface area is 136 Å². The fourth-order valence-corrected chi connectivity index (χ4v) is 2.30. The molecule has 2 N–H and O–H groups in total. The van der Waals surface area contributed by atoms with Crippen LogP contribution in [0.1, 0.15) is 40.0 Å². The highest BCUT2D eigenvalue weighted by Gasteiger charge is 2.14. The lowest BCUT2D eigenvalue weighted by molar-refractivity contribution is 0.0680. The Morgan fingerprint density at radius 1 is 1.30 bits per heavy atom. The van der Waals surface area contributed by atoms with Gasteiger partial charge in [0.15, 0.2) is 0 Å². The topological polar surface area (TPSA) is 70.9 Å². The summed E-state index contributed by atoms with van der Waals surface area (Å²) in [5.74, 6) is 0.0405. The molecule has 6 heteroatoms. The van der Waals surface area contributed by atoms with Crippen LogP contribution < -0.4 is 5.32 Å². The van der Waals surface area contributed by atoms with Gasteiger partial charge in [-0.1, -0.05) is 12.1 Å². The molecule has 23 heavy (non-hydrogen) atoms. The molecule has 1 aromatic carbocycles. The SMILES string of the molecule is CC(CCCC(C)(C)O)Nc1nncc(-c2ccccc2F)n1. The zero-order chi connectivity index (χ0) is 16.9. The van der Waals surface area contributed by atoms with Gasteiger partial charge in [0.1, 0.15) is 5.82 Å². The number of aliphatic hydroxyl groups is 1. The number of nitrogens with one attached hydrogen (secondary N) is 1. The van der Waals surface area contributed by atoms with E-state index in [1.807, 2.05) is 6.92 Å². The van der Waals surface area contributed by atoms with Crippen LogP contribution in [0.25, 0.3) is 11.3 Å². The van der Waals surface area contributed by atoms with E-state index in [4.69, 9.17) is 0 Å². The Bertz CT molecular complexity index is 642. The number of aromatic nitrogens is 3. The van der Waals surface area contributed by atoms with Crippen molar-refractivity contribution in [3.8, 4) is 11.3 Å². The molecule has 0 amide bonds. The van der Waals surface area contributed by atoms with Gasteiger partial charge in [-0.2, -0.15) is 5.10 Å². The van der Waals surface area contributed by atoms with E-state index < -0.39 is 5.60 Å². The summed E-state index contributed by atoms with van der Waals surface area (Å²) in [6.45, 7) is 5.62. The van der Waals surface area contributed by atoms with Crippen LogP contribution in [0.2, 0.25) is 0 Å². The highest BCUT2D eigenvalue weighted by atomic mass is 19.1. The molecule has 1 unspecified atom stereocenters. The van der Waals surface area contributed by atoms with Crippen molar-refractivity contribution >= 4 is 5.95 Å². The summed E-state index contributed by atoms with van der Waals surface area (Å²) >= 11 is 0. The maximum absolute atomic E-state index is 13.8. The lowest BCUT2D eigenvalue weighted by atomic mass is 10.00. The molecule has 0 aliphatic carbocycles. The van der Waals surface area contributed by atoms with Gasteiger partial charge in [0.05, 0.1) is 17.5 Å². The number of nitrogens with zero attached hydrogens (tertiary/aromatic N) is 3. The standard InChI is InChI=1S/C17H23FN4O/c1-12(7-6-10-17(2,3)23)20-16-21-15(11-19-22-16)13-8-4-5-9-14(13)18/h4-5,8-9,11-12,23H,6-7,10H2,1-3H3,(H,20,21,22). The minimum absolute atomic E-state index is 0.134. The van der Waals surface area contributed by atoms with Crippen molar-refractivity contribution < 1.29 is 9.50 Å². The van der Waals surface area contributed by atoms with Crippen molar-refractivity contribution in [1.82, 2.24) is 15.2 Å². The molecule has 1 atom stereocenters. The van der Waals surface area contributed by atoms with Crippen LogP contribution in [0, 0.1) is 5.82 Å². The van der Waals surface area contributed by atoms with E-state index in [1.54, 1.807) is 32.0 Å². The van der Waals surface area contributed by atoms with Crippen LogP contribution in [0.15, 0.2) is 30.5 Å². The van der Waals surface area contributed by atoms with Gasteiger partial charge in [0.2, 0.25) is 5.95 Å². The first kappa shape index (κ1) is 17.3.